The first-order chi connectivity index (χ1) is 13.7. The van der Waals surface area contributed by atoms with Crippen molar-refractivity contribution in [2.24, 2.45) is 0 Å². The summed E-state index contributed by atoms with van der Waals surface area (Å²) in [5, 5.41) is 0. The number of carbonyl (C=O) groups excluding carboxylic acids is 1. The Morgan fingerprint density at radius 3 is 2.29 bits per heavy atom. The molecule has 6 nitrogen and oxygen atoms in total. The number of hydrogen-bond donors (Lipinski definition) is 0. The molecule has 6 heteroatoms. The Labute approximate surface area is 164 Å². The topological polar surface area (TPSA) is 60.9 Å². The highest BCUT2D eigenvalue weighted by Crippen LogP contribution is 2.29. The molecule has 0 aliphatic carbocycles. The molecule has 3 rings (SSSR count). The van der Waals surface area contributed by atoms with Crippen LogP contribution in [0.1, 0.15) is 15.9 Å². The van der Waals surface area contributed by atoms with Crippen molar-refractivity contribution >= 4 is 11.6 Å². The average molecular weight is 378 g/mol. The van der Waals surface area contributed by atoms with Gasteiger partial charge < -0.3 is 19.1 Å². The van der Waals surface area contributed by atoms with Crippen LogP contribution in [0.2, 0.25) is 0 Å². The second-order valence-electron chi connectivity index (χ2n) is 6.02. The lowest BCUT2D eigenvalue weighted by Crippen LogP contribution is -2.30. The van der Waals surface area contributed by atoms with Crippen LogP contribution in [0.25, 0.3) is 0 Å². The van der Waals surface area contributed by atoms with Gasteiger partial charge in [0.2, 0.25) is 0 Å². The van der Waals surface area contributed by atoms with Gasteiger partial charge in [0.1, 0.15) is 5.75 Å². The van der Waals surface area contributed by atoms with Gasteiger partial charge in [-0.3, -0.25) is 9.78 Å². The zero-order valence-corrected chi connectivity index (χ0v) is 16.1. The first-order valence-corrected chi connectivity index (χ1v) is 8.73. The van der Waals surface area contributed by atoms with Crippen molar-refractivity contribution < 1.29 is 19.0 Å². The molecule has 0 radical (unpaired) electrons. The van der Waals surface area contributed by atoms with Gasteiger partial charge >= 0.3 is 0 Å². The lowest BCUT2D eigenvalue weighted by Gasteiger charge is -2.23. The number of nitrogens with zero attached hydrogens (tertiary/aromatic N) is 2. The Kier molecular flexibility index (Phi) is 6.11. The largest absolute Gasteiger partial charge is 0.497 e. The van der Waals surface area contributed by atoms with Gasteiger partial charge in [-0.25, -0.2) is 0 Å². The zero-order chi connectivity index (χ0) is 19.9. The van der Waals surface area contributed by atoms with Crippen LogP contribution >= 0.6 is 0 Å². The molecule has 1 aromatic heterocycles. The van der Waals surface area contributed by atoms with Crippen LogP contribution in [-0.4, -0.2) is 32.2 Å². The Balaban J connectivity index is 1.98. The van der Waals surface area contributed by atoms with Crippen LogP contribution in [0.4, 0.5) is 5.69 Å². The van der Waals surface area contributed by atoms with Crippen molar-refractivity contribution in [3.63, 3.8) is 0 Å². The molecule has 0 aliphatic rings. The molecule has 144 valence electrons. The van der Waals surface area contributed by atoms with E-state index in [1.807, 2.05) is 36.4 Å². The predicted octanol–water partition coefficient (Wildman–Crippen LogP) is 3.95. The molecular formula is C22H22N2O4. The fourth-order valence-electron chi connectivity index (χ4n) is 2.84. The minimum absolute atomic E-state index is 0.157. The highest BCUT2D eigenvalue weighted by molar-refractivity contribution is 6.06. The number of benzene rings is 2. The molecule has 0 unspecified atom stereocenters. The number of pyridine rings is 1. The van der Waals surface area contributed by atoms with Gasteiger partial charge in [-0.2, -0.15) is 0 Å². The molecule has 2 aromatic carbocycles. The minimum atomic E-state index is -0.157. The first-order valence-electron chi connectivity index (χ1n) is 8.73. The van der Waals surface area contributed by atoms with Gasteiger partial charge in [0.05, 0.1) is 27.9 Å². The minimum Gasteiger partial charge on any atom is -0.497 e. The monoisotopic (exact) mass is 378 g/mol. The first kappa shape index (κ1) is 19.2. The number of anilines is 1. The van der Waals surface area contributed by atoms with Crippen LogP contribution in [0.3, 0.4) is 0 Å². The molecule has 0 saturated heterocycles. The highest BCUT2D eigenvalue weighted by Gasteiger charge is 2.20. The molecule has 0 aliphatic heterocycles. The second-order valence-corrected chi connectivity index (χ2v) is 6.02. The Bertz CT molecular complexity index is 927. The molecule has 0 N–H and O–H groups in total. The van der Waals surface area contributed by atoms with Crippen molar-refractivity contribution in [1.82, 2.24) is 4.98 Å². The number of hydrogen-bond acceptors (Lipinski definition) is 5. The van der Waals surface area contributed by atoms with Crippen molar-refractivity contribution in [2.75, 3.05) is 26.2 Å². The number of rotatable bonds is 7. The fraction of sp³-hybridized carbons (Fsp3) is 0.182. The Hall–Kier alpha value is -3.54. The summed E-state index contributed by atoms with van der Waals surface area (Å²) in [6.07, 6.45) is 3.45. The van der Waals surface area contributed by atoms with Crippen LogP contribution in [0.15, 0.2) is 67.0 Å². The molecule has 0 saturated carbocycles. The molecule has 0 bridgehead atoms. The third kappa shape index (κ3) is 4.23. The van der Waals surface area contributed by atoms with Crippen LogP contribution < -0.4 is 19.1 Å². The molecule has 28 heavy (non-hydrogen) atoms. The summed E-state index contributed by atoms with van der Waals surface area (Å²) in [6.45, 7) is 0.382. The average Bonchev–Trinajstić information content (AvgIpc) is 2.77. The number of amides is 1. The summed E-state index contributed by atoms with van der Waals surface area (Å²) in [5.74, 6) is 1.64. The quantitative estimate of drug-likeness (QED) is 0.623. The molecule has 3 aromatic rings. The maximum absolute atomic E-state index is 13.3. The molecule has 1 heterocycles. The van der Waals surface area contributed by atoms with Crippen molar-refractivity contribution in [3.8, 4) is 17.2 Å². The predicted molar refractivity (Wildman–Crippen MR) is 107 cm³/mol. The number of carbonyl (C=O) groups is 1. The van der Waals surface area contributed by atoms with E-state index in [2.05, 4.69) is 4.98 Å². The second kappa shape index (κ2) is 8.90. The summed E-state index contributed by atoms with van der Waals surface area (Å²) in [4.78, 5) is 19.2. The molecule has 0 spiro atoms. The fourth-order valence-corrected chi connectivity index (χ4v) is 2.84. The Morgan fingerprint density at radius 2 is 1.68 bits per heavy atom. The number of methoxy groups -OCH3 is 3. The molecular weight excluding hydrogens is 356 g/mol. The van der Waals surface area contributed by atoms with E-state index in [1.54, 1.807) is 56.8 Å². The maximum Gasteiger partial charge on any atom is 0.258 e. The van der Waals surface area contributed by atoms with E-state index < -0.39 is 0 Å². The van der Waals surface area contributed by atoms with Gasteiger partial charge in [-0.1, -0.05) is 6.07 Å². The third-order valence-electron chi connectivity index (χ3n) is 4.32. The van der Waals surface area contributed by atoms with Crippen molar-refractivity contribution in [3.05, 3.63) is 78.1 Å². The molecule has 0 atom stereocenters. The summed E-state index contributed by atoms with van der Waals surface area (Å²) in [6, 6.07) is 16.3. The number of aromatic nitrogens is 1. The van der Waals surface area contributed by atoms with E-state index >= 15 is 0 Å². The van der Waals surface area contributed by atoms with E-state index in [9.17, 15) is 4.79 Å². The van der Waals surface area contributed by atoms with Crippen LogP contribution in [0.5, 0.6) is 17.2 Å². The summed E-state index contributed by atoms with van der Waals surface area (Å²) < 4.78 is 15.8. The summed E-state index contributed by atoms with van der Waals surface area (Å²) in [7, 11) is 4.71. The Morgan fingerprint density at radius 1 is 0.929 bits per heavy atom. The molecule has 0 fully saturated rings. The zero-order valence-electron chi connectivity index (χ0n) is 16.1. The van der Waals surface area contributed by atoms with Gasteiger partial charge in [-0.05, 0) is 54.1 Å². The van der Waals surface area contributed by atoms with Crippen LogP contribution in [-0.2, 0) is 6.54 Å². The van der Waals surface area contributed by atoms with Crippen molar-refractivity contribution in [2.45, 2.75) is 6.54 Å². The van der Waals surface area contributed by atoms with E-state index in [0.717, 1.165) is 17.0 Å². The van der Waals surface area contributed by atoms with E-state index in [-0.39, 0.29) is 5.91 Å². The SMILES string of the molecule is COc1ccc(N(Cc2cccnc2)C(=O)c2ccc(OC)c(OC)c2)cc1. The van der Waals surface area contributed by atoms with E-state index in [4.69, 9.17) is 14.2 Å². The molecule has 1 amide bonds. The third-order valence-corrected chi connectivity index (χ3v) is 4.32. The summed E-state index contributed by atoms with van der Waals surface area (Å²) in [5.41, 5.74) is 2.17. The number of ether oxygens (including phenoxy) is 3. The van der Waals surface area contributed by atoms with Crippen LogP contribution in [0, 0.1) is 0 Å². The lowest BCUT2D eigenvalue weighted by atomic mass is 10.1. The van der Waals surface area contributed by atoms with Gasteiger partial charge in [-0.15, -0.1) is 0 Å². The van der Waals surface area contributed by atoms with Gasteiger partial charge in [0.25, 0.3) is 5.91 Å². The standard InChI is InChI=1S/C22H22N2O4/c1-26-19-9-7-18(8-10-19)24(15-16-5-4-12-23-14-16)22(25)17-6-11-20(27-2)21(13-17)28-3/h4-14H,15H2,1-3H3. The summed E-state index contributed by atoms with van der Waals surface area (Å²) >= 11 is 0. The van der Waals surface area contributed by atoms with Crippen molar-refractivity contribution in [1.29, 1.82) is 0 Å². The van der Waals surface area contributed by atoms with E-state index in [1.165, 1.54) is 0 Å². The highest BCUT2D eigenvalue weighted by atomic mass is 16.5. The maximum atomic E-state index is 13.3. The smallest absolute Gasteiger partial charge is 0.258 e. The van der Waals surface area contributed by atoms with Gasteiger partial charge in [0.15, 0.2) is 11.5 Å². The van der Waals surface area contributed by atoms with Gasteiger partial charge in [0, 0.05) is 23.6 Å². The lowest BCUT2D eigenvalue weighted by molar-refractivity contribution is 0.0984. The normalized spacial score (nSPS) is 10.2. The van der Waals surface area contributed by atoms with E-state index in [0.29, 0.717) is 23.6 Å².